The number of hydrogen-bond donors (Lipinski definition) is 3. The molecule has 3 aromatic carbocycles. The number of hydrogen-bond acceptors (Lipinski definition) is 6. The predicted molar refractivity (Wildman–Crippen MR) is 160 cm³/mol. The Bertz CT molecular complexity index is 1740. The highest BCUT2D eigenvalue weighted by atomic mass is 19.1. The highest BCUT2D eigenvalue weighted by Gasteiger charge is 2.25. The van der Waals surface area contributed by atoms with Gasteiger partial charge in [0.05, 0.1) is 16.8 Å². The van der Waals surface area contributed by atoms with Crippen molar-refractivity contribution in [1.82, 2.24) is 9.88 Å². The van der Waals surface area contributed by atoms with Crippen LogP contribution < -0.4 is 20.7 Å². The van der Waals surface area contributed by atoms with Crippen LogP contribution >= 0.6 is 0 Å². The summed E-state index contributed by atoms with van der Waals surface area (Å²) in [6.45, 7) is 6.11. The van der Waals surface area contributed by atoms with E-state index in [2.05, 4.69) is 33.6 Å². The quantitative estimate of drug-likeness (QED) is 0.210. The van der Waals surface area contributed by atoms with Gasteiger partial charge in [-0.1, -0.05) is 12.6 Å². The van der Waals surface area contributed by atoms with Crippen molar-refractivity contribution in [3.63, 3.8) is 0 Å². The molecule has 11 heteroatoms. The first-order valence-corrected chi connectivity index (χ1v) is 13.6. The van der Waals surface area contributed by atoms with Gasteiger partial charge in [-0.05, 0) is 67.1 Å². The number of para-hydroxylation sites is 1. The van der Waals surface area contributed by atoms with E-state index in [0.717, 1.165) is 23.4 Å². The Balaban J connectivity index is 1.25. The summed E-state index contributed by atoms with van der Waals surface area (Å²) in [5, 5.41) is 18.8. The van der Waals surface area contributed by atoms with E-state index in [-0.39, 0.29) is 12.0 Å². The number of piperidine rings is 1. The molecule has 3 N–H and O–H groups in total. The van der Waals surface area contributed by atoms with Crippen molar-refractivity contribution in [2.75, 3.05) is 29.0 Å². The molecule has 1 aliphatic heterocycles. The van der Waals surface area contributed by atoms with Gasteiger partial charge in [-0.15, -0.1) is 0 Å². The van der Waals surface area contributed by atoms with Crippen LogP contribution in [0, 0.1) is 29.9 Å². The second-order valence-corrected chi connectivity index (χ2v) is 10.0. The van der Waals surface area contributed by atoms with Crippen LogP contribution in [0.3, 0.4) is 0 Å². The zero-order valence-electron chi connectivity index (χ0n) is 23.3. The Hall–Kier alpha value is -5.50. The number of urea groups is 1. The van der Waals surface area contributed by atoms with Crippen molar-refractivity contribution in [2.24, 2.45) is 0 Å². The summed E-state index contributed by atoms with van der Waals surface area (Å²) in [5.74, 6) is -1.34. The Kier molecular flexibility index (Phi) is 8.48. The first-order valence-electron chi connectivity index (χ1n) is 13.6. The second-order valence-electron chi connectivity index (χ2n) is 10.0. The van der Waals surface area contributed by atoms with Crippen LogP contribution in [0.15, 0.2) is 73.4 Å². The minimum absolute atomic E-state index is 0.148. The Morgan fingerprint density at radius 2 is 1.77 bits per heavy atom. The number of anilines is 4. The first kappa shape index (κ1) is 29.0. The summed E-state index contributed by atoms with van der Waals surface area (Å²) in [5.41, 5.74) is 3.20. The van der Waals surface area contributed by atoms with E-state index in [4.69, 9.17) is 4.74 Å². The number of aromatic nitrogens is 1. The van der Waals surface area contributed by atoms with Crippen molar-refractivity contribution < 1.29 is 23.1 Å². The van der Waals surface area contributed by atoms with Gasteiger partial charge in [-0.2, -0.15) is 5.26 Å². The number of nitriles is 1. The topological polar surface area (TPSA) is 119 Å². The van der Waals surface area contributed by atoms with E-state index in [1.807, 2.05) is 25.1 Å². The van der Waals surface area contributed by atoms with Crippen molar-refractivity contribution in [1.29, 1.82) is 5.26 Å². The molecule has 0 atom stereocenters. The number of carbonyl (C=O) groups excluding carboxylic acids is 2. The molecule has 1 fully saturated rings. The molecule has 218 valence electrons. The van der Waals surface area contributed by atoms with Gasteiger partial charge >= 0.3 is 6.03 Å². The summed E-state index contributed by atoms with van der Waals surface area (Å²) >= 11 is 0. The molecule has 1 aromatic heterocycles. The fourth-order valence-electron chi connectivity index (χ4n) is 4.85. The van der Waals surface area contributed by atoms with Crippen LogP contribution in [0.1, 0.15) is 24.0 Å². The lowest BCUT2D eigenvalue weighted by molar-refractivity contribution is -0.111. The maximum atomic E-state index is 13.9. The average Bonchev–Trinajstić information content (AvgIpc) is 3.01. The number of pyridine rings is 1. The molecule has 5 rings (SSSR count). The molecule has 0 unspecified atom stereocenters. The third-order valence-corrected chi connectivity index (χ3v) is 7.10. The van der Waals surface area contributed by atoms with Crippen molar-refractivity contribution in [3.8, 4) is 11.8 Å². The van der Waals surface area contributed by atoms with Crippen LogP contribution in [0.25, 0.3) is 10.9 Å². The number of likely N-dealkylation sites (tertiary alicyclic amines) is 1. The van der Waals surface area contributed by atoms with E-state index in [1.165, 1.54) is 23.2 Å². The van der Waals surface area contributed by atoms with Gasteiger partial charge < -0.3 is 25.6 Å². The van der Waals surface area contributed by atoms with Gasteiger partial charge in [0.1, 0.15) is 35.2 Å². The second kappa shape index (κ2) is 12.6. The number of benzene rings is 3. The van der Waals surface area contributed by atoms with Gasteiger partial charge in [0, 0.05) is 48.9 Å². The van der Waals surface area contributed by atoms with Crippen molar-refractivity contribution in [3.05, 3.63) is 96.2 Å². The normalized spacial score (nSPS) is 13.2. The number of rotatable bonds is 7. The largest absolute Gasteiger partial charge is 0.490 e. The predicted octanol–water partition coefficient (Wildman–Crippen LogP) is 6.64. The number of nitrogens with zero attached hydrogens (tertiary/aromatic N) is 3. The van der Waals surface area contributed by atoms with Crippen molar-refractivity contribution in [2.45, 2.75) is 25.9 Å². The molecule has 3 amide bonds. The molecule has 9 nitrogen and oxygen atoms in total. The van der Waals surface area contributed by atoms with E-state index < -0.39 is 23.4 Å². The van der Waals surface area contributed by atoms with E-state index >= 15 is 0 Å². The third-order valence-electron chi connectivity index (χ3n) is 7.10. The fraction of sp³-hybridized carbons (Fsp3) is 0.188. The van der Waals surface area contributed by atoms with E-state index in [1.54, 1.807) is 18.2 Å². The summed E-state index contributed by atoms with van der Waals surface area (Å²) in [4.78, 5) is 30.2. The SMILES string of the molecule is C=CC(=O)Nc1ccc2ncc(C#N)c(Nc3ccc(OC4CCN(C(=O)Nc5c(F)cccc5F)CC4)c(C)c3)c2c1. The lowest BCUT2D eigenvalue weighted by Gasteiger charge is -2.32. The Labute approximate surface area is 246 Å². The Morgan fingerprint density at radius 1 is 1.05 bits per heavy atom. The summed E-state index contributed by atoms with van der Waals surface area (Å²) in [7, 11) is 0. The van der Waals surface area contributed by atoms with Crippen LogP contribution in [-0.2, 0) is 4.79 Å². The van der Waals surface area contributed by atoms with Crippen LogP contribution in [0.4, 0.5) is 36.3 Å². The van der Waals surface area contributed by atoms with E-state index in [9.17, 15) is 23.6 Å². The summed E-state index contributed by atoms with van der Waals surface area (Å²) in [6.07, 6.45) is 3.62. The molecule has 43 heavy (non-hydrogen) atoms. The molecule has 1 aliphatic rings. The molecular weight excluding hydrogens is 554 g/mol. The zero-order chi connectivity index (χ0) is 30.5. The lowest BCUT2D eigenvalue weighted by Crippen LogP contribution is -2.44. The molecule has 0 radical (unpaired) electrons. The number of ether oxygens (including phenoxy) is 1. The number of aryl methyl sites for hydroxylation is 1. The lowest BCUT2D eigenvalue weighted by atomic mass is 10.1. The smallest absolute Gasteiger partial charge is 0.322 e. The highest BCUT2D eigenvalue weighted by Crippen LogP contribution is 2.33. The minimum Gasteiger partial charge on any atom is -0.490 e. The number of amides is 3. The first-order chi connectivity index (χ1) is 20.7. The molecule has 0 spiro atoms. The molecule has 4 aromatic rings. The highest BCUT2D eigenvalue weighted by molar-refractivity contribution is 6.03. The van der Waals surface area contributed by atoms with Crippen molar-refractivity contribution >= 4 is 45.6 Å². The van der Waals surface area contributed by atoms with Gasteiger partial charge in [-0.3, -0.25) is 9.78 Å². The minimum atomic E-state index is -0.831. The van der Waals surface area contributed by atoms with Crippen LogP contribution in [0.2, 0.25) is 0 Å². The summed E-state index contributed by atoms with van der Waals surface area (Å²) < 4.78 is 34.1. The average molecular weight is 583 g/mol. The molecule has 1 saturated heterocycles. The molecular formula is C32H28F2N6O3. The maximum absolute atomic E-state index is 13.9. The molecule has 0 bridgehead atoms. The number of halogens is 2. The van der Waals surface area contributed by atoms with Gasteiger partial charge in [0.25, 0.3) is 0 Å². The monoisotopic (exact) mass is 582 g/mol. The van der Waals surface area contributed by atoms with E-state index in [0.29, 0.717) is 59.5 Å². The third kappa shape index (κ3) is 6.54. The van der Waals surface area contributed by atoms with Crippen LogP contribution in [-0.4, -0.2) is 41.0 Å². The van der Waals surface area contributed by atoms with Gasteiger partial charge in [0.2, 0.25) is 5.91 Å². The molecule has 0 saturated carbocycles. The molecule has 2 heterocycles. The zero-order valence-corrected chi connectivity index (χ0v) is 23.3. The number of carbonyl (C=O) groups is 2. The van der Waals surface area contributed by atoms with Crippen LogP contribution in [0.5, 0.6) is 5.75 Å². The maximum Gasteiger partial charge on any atom is 0.322 e. The van der Waals surface area contributed by atoms with Gasteiger partial charge in [-0.25, -0.2) is 13.6 Å². The molecule has 0 aliphatic carbocycles. The standard InChI is InChI=1S/C32H28F2N6O3/c1-3-29(41)37-22-7-9-27-24(16-22)30(20(17-35)18-36-27)38-21-8-10-28(19(2)15-21)43-23-11-13-40(14-12-23)32(42)39-31-25(33)5-4-6-26(31)34/h3-10,15-16,18,23H,1,11-14H2,2H3,(H,36,38)(H,37,41)(H,39,42). The Morgan fingerprint density at radius 3 is 2.44 bits per heavy atom. The summed E-state index contributed by atoms with van der Waals surface area (Å²) in [6, 6.07) is 15.8. The number of nitrogens with one attached hydrogen (secondary N) is 3. The fourth-order valence-corrected chi connectivity index (χ4v) is 4.85. The van der Waals surface area contributed by atoms with Gasteiger partial charge in [0.15, 0.2) is 0 Å². The number of fused-ring (bicyclic) bond motifs is 1.